The first kappa shape index (κ1) is 15.9. The summed E-state index contributed by atoms with van der Waals surface area (Å²) in [5, 5.41) is 12.9. The number of hydrogen-bond donors (Lipinski definition) is 2. The Hall–Kier alpha value is -0.120. The van der Waals surface area contributed by atoms with Crippen LogP contribution in [0, 0.1) is 0 Å². The highest BCUT2D eigenvalue weighted by Gasteiger charge is 2.26. The van der Waals surface area contributed by atoms with Gasteiger partial charge in [-0.3, -0.25) is 0 Å². The molecule has 0 aliphatic rings. The molecule has 0 rings (SSSR count). The Morgan fingerprint density at radius 1 is 1.31 bits per heavy atom. The van der Waals surface area contributed by atoms with Crippen LogP contribution < -0.4 is 5.32 Å². The average molecular weight is 230 g/mol. The number of nitrogens with zero attached hydrogens (tertiary/aromatic N) is 1. The van der Waals surface area contributed by atoms with Gasteiger partial charge in [0.2, 0.25) is 0 Å². The van der Waals surface area contributed by atoms with Gasteiger partial charge < -0.3 is 15.3 Å². The maximum absolute atomic E-state index is 9.51. The third kappa shape index (κ3) is 5.83. The summed E-state index contributed by atoms with van der Waals surface area (Å²) in [5.41, 5.74) is -0.203. The van der Waals surface area contributed by atoms with Crippen LogP contribution in [0.15, 0.2) is 0 Å². The first-order valence-corrected chi connectivity index (χ1v) is 6.43. The molecule has 3 nitrogen and oxygen atoms in total. The number of rotatable bonds is 8. The Morgan fingerprint density at radius 2 is 1.88 bits per heavy atom. The van der Waals surface area contributed by atoms with Crippen molar-refractivity contribution in [3.8, 4) is 0 Å². The molecule has 0 heterocycles. The molecule has 98 valence electrons. The Morgan fingerprint density at radius 3 is 2.25 bits per heavy atom. The van der Waals surface area contributed by atoms with Gasteiger partial charge in [0, 0.05) is 18.6 Å². The van der Waals surface area contributed by atoms with Crippen LogP contribution >= 0.6 is 0 Å². The van der Waals surface area contributed by atoms with Gasteiger partial charge in [-0.25, -0.2) is 0 Å². The second kappa shape index (κ2) is 7.25. The molecule has 0 aliphatic heterocycles. The molecule has 0 saturated heterocycles. The van der Waals surface area contributed by atoms with Gasteiger partial charge in [0.15, 0.2) is 0 Å². The Balaban J connectivity index is 4.29. The van der Waals surface area contributed by atoms with Crippen molar-refractivity contribution in [2.24, 2.45) is 0 Å². The van der Waals surface area contributed by atoms with Gasteiger partial charge in [-0.1, -0.05) is 27.2 Å². The molecule has 0 bridgehead atoms. The summed E-state index contributed by atoms with van der Waals surface area (Å²) in [4.78, 5) is 2.33. The molecule has 2 N–H and O–H groups in total. The van der Waals surface area contributed by atoms with Crippen molar-refractivity contribution in [3.05, 3.63) is 0 Å². The molecule has 2 unspecified atom stereocenters. The van der Waals surface area contributed by atoms with Crippen LogP contribution in [-0.4, -0.2) is 47.8 Å². The summed E-state index contributed by atoms with van der Waals surface area (Å²) >= 11 is 0. The van der Waals surface area contributed by atoms with Crippen LogP contribution in [0.3, 0.4) is 0 Å². The lowest BCUT2D eigenvalue weighted by molar-refractivity contribution is 0.106. The van der Waals surface area contributed by atoms with Crippen LogP contribution in [0.1, 0.15) is 47.5 Å². The first-order chi connectivity index (χ1) is 7.34. The molecule has 3 heteroatoms. The van der Waals surface area contributed by atoms with Gasteiger partial charge in [-0.2, -0.15) is 0 Å². The van der Waals surface area contributed by atoms with Gasteiger partial charge in [-0.05, 0) is 27.3 Å². The lowest BCUT2D eigenvalue weighted by Crippen LogP contribution is -2.56. The monoisotopic (exact) mass is 230 g/mol. The highest BCUT2D eigenvalue weighted by molar-refractivity contribution is 4.87. The molecule has 16 heavy (non-hydrogen) atoms. The molecule has 0 saturated carbocycles. The van der Waals surface area contributed by atoms with E-state index in [-0.39, 0.29) is 12.1 Å². The minimum atomic E-state index is -0.203. The molecule has 0 spiro atoms. The number of nitrogens with one attached hydrogen (secondary N) is 1. The van der Waals surface area contributed by atoms with Gasteiger partial charge >= 0.3 is 0 Å². The number of aliphatic hydroxyl groups is 1. The van der Waals surface area contributed by atoms with E-state index in [0.29, 0.717) is 12.1 Å². The third-order valence-corrected chi connectivity index (χ3v) is 3.04. The molecule has 0 aromatic rings. The standard InChI is InChI=1S/C13H30N2O/c1-7-8-12(4)15(6)9-13(5,10-16)14-11(2)3/h11-12,14,16H,7-10H2,1-6H3. The molecule has 2 atom stereocenters. The quantitative estimate of drug-likeness (QED) is 0.668. The summed E-state index contributed by atoms with van der Waals surface area (Å²) in [6.07, 6.45) is 2.42. The van der Waals surface area contributed by atoms with Crippen molar-refractivity contribution in [2.45, 2.75) is 65.1 Å². The molecule has 0 aromatic carbocycles. The fraction of sp³-hybridized carbons (Fsp3) is 1.00. The molecule has 0 aromatic heterocycles. The maximum atomic E-state index is 9.51. The van der Waals surface area contributed by atoms with E-state index in [1.807, 2.05) is 0 Å². The summed E-state index contributed by atoms with van der Waals surface area (Å²) in [7, 11) is 2.14. The van der Waals surface area contributed by atoms with E-state index in [4.69, 9.17) is 0 Å². The predicted molar refractivity (Wildman–Crippen MR) is 70.8 cm³/mol. The van der Waals surface area contributed by atoms with E-state index in [0.717, 1.165) is 6.54 Å². The summed E-state index contributed by atoms with van der Waals surface area (Å²) < 4.78 is 0. The molecular formula is C13H30N2O. The lowest BCUT2D eigenvalue weighted by atomic mass is 10.0. The average Bonchev–Trinajstić information content (AvgIpc) is 2.16. The predicted octanol–water partition coefficient (Wildman–Crippen LogP) is 1.86. The van der Waals surface area contributed by atoms with Crippen LogP contribution in [0.2, 0.25) is 0 Å². The SMILES string of the molecule is CCCC(C)N(C)CC(C)(CO)NC(C)C. The number of hydrogen-bond acceptors (Lipinski definition) is 3. The minimum absolute atomic E-state index is 0.175. The number of aliphatic hydroxyl groups excluding tert-OH is 1. The molecular weight excluding hydrogens is 200 g/mol. The topological polar surface area (TPSA) is 35.5 Å². The van der Waals surface area contributed by atoms with Crippen LogP contribution in [0.5, 0.6) is 0 Å². The Labute approximate surface area is 101 Å². The van der Waals surface area contributed by atoms with Crippen molar-refractivity contribution in [3.63, 3.8) is 0 Å². The van der Waals surface area contributed by atoms with E-state index in [1.54, 1.807) is 0 Å². The van der Waals surface area contributed by atoms with Gasteiger partial charge in [0.25, 0.3) is 0 Å². The lowest BCUT2D eigenvalue weighted by Gasteiger charge is -2.37. The zero-order chi connectivity index (χ0) is 12.8. The molecule has 0 fully saturated rings. The molecule has 0 amide bonds. The summed E-state index contributed by atoms with van der Waals surface area (Å²) in [5.74, 6) is 0. The van der Waals surface area contributed by atoms with Crippen molar-refractivity contribution in [1.29, 1.82) is 0 Å². The maximum Gasteiger partial charge on any atom is 0.0623 e. The van der Waals surface area contributed by atoms with E-state index in [1.165, 1.54) is 12.8 Å². The summed E-state index contributed by atoms with van der Waals surface area (Å²) in [6.45, 7) is 11.8. The van der Waals surface area contributed by atoms with E-state index in [9.17, 15) is 5.11 Å². The minimum Gasteiger partial charge on any atom is -0.394 e. The smallest absolute Gasteiger partial charge is 0.0623 e. The van der Waals surface area contributed by atoms with Crippen molar-refractivity contribution in [2.75, 3.05) is 20.2 Å². The molecule has 0 radical (unpaired) electrons. The second-order valence-electron chi connectivity index (χ2n) is 5.57. The largest absolute Gasteiger partial charge is 0.394 e. The third-order valence-electron chi connectivity index (χ3n) is 3.04. The fourth-order valence-electron chi connectivity index (χ4n) is 2.18. The van der Waals surface area contributed by atoms with Crippen LogP contribution in [-0.2, 0) is 0 Å². The van der Waals surface area contributed by atoms with Crippen LogP contribution in [0.4, 0.5) is 0 Å². The van der Waals surface area contributed by atoms with Gasteiger partial charge in [0.1, 0.15) is 0 Å². The van der Waals surface area contributed by atoms with E-state index >= 15 is 0 Å². The fourth-order valence-corrected chi connectivity index (χ4v) is 2.18. The summed E-state index contributed by atoms with van der Waals surface area (Å²) in [6, 6.07) is 0.969. The second-order valence-corrected chi connectivity index (χ2v) is 5.57. The van der Waals surface area contributed by atoms with E-state index in [2.05, 4.69) is 51.9 Å². The van der Waals surface area contributed by atoms with Crippen molar-refractivity contribution in [1.82, 2.24) is 10.2 Å². The Kier molecular flexibility index (Phi) is 7.20. The number of likely N-dealkylation sites (N-methyl/N-ethyl adjacent to an activating group) is 1. The highest BCUT2D eigenvalue weighted by Crippen LogP contribution is 2.11. The van der Waals surface area contributed by atoms with Crippen molar-refractivity contribution < 1.29 is 5.11 Å². The molecule has 0 aliphatic carbocycles. The zero-order valence-corrected chi connectivity index (χ0v) is 11.9. The van der Waals surface area contributed by atoms with Gasteiger partial charge in [-0.15, -0.1) is 0 Å². The van der Waals surface area contributed by atoms with Crippen molar-refractivity contribution >= 4 is 0 Å². The highest BCUT2D eigenvalue weighted by atomic mass is 16.3. The zero-order valence-electron chi connectivity index (χ0n) is 11.9. The van der Waals surface area contributed by atoms with Gasteiger partial charge in [0.05, 0.1) is 12.1 Å². The van der Waals surface area contributed by atoms with Crippen LogP contribution in [0.25, 0.3) is 0 Å². The van der Waals surface area contributed by atoms with E-state index < -0.39 is 0 Å². The first-order valence-electron chi connectivity index (χ1n) is 6.43. The Bertz CT molecular complexity index is 185. The normalized spacial score (nSPS) is 17.8.